The molecule has 0 aliphatic rings. The Kier molecular flexibility index (Phi) is 4.94. The van der Waals surface area contributed by atoms with Crippen LogP contribution < -0.4 is 5.43 Å². The lowest BCUT2D eigenvalue weighted by atomic mass is 10.1. The first-order valence-corrected chi connectivity index (χ1v) is 9.31. The molecule has 4 rings (SSSR count). The average Bonchev–Trinajstić information content (AvgIpc) is 3.39. The first-order chi connectivity index (χ1) is 13.7. The fourth-order valence-corrected chi connectivity index (χ4v) is 3.34. The predicted octanol–water partition coefficient (Wildman–Crippen LogP) is 4.96. The van der Waals surface area contributed by atoms with Gasteiger partial charge in [-0.05, 0) is 23.6 Å². The number of rotatable bonds is 6. The van der Waals surface area contributed by atoms with E-state index in [4.69, 9.17) is 5.10 Å². The molecule has 0 aliphatic carbocycles. The average molecular weight is 389 g/mol. The van der Waals surface area contributed by atoms with Gasteiger partial charge >= 0.3 is 0 Å². The Hall–Kier alpha value is -3.78. The number of hydrogen-bond acceptors (Lipinski definition) is 6. The molecule has 0 unspecified atom stereocenters. The summed E-state index contributed by atoms with van der Waals surface area (Å²) in [4.78, 5) is 10.5. The zero-order valence-electron chi connectivity index (χ0n) is 14.6. The molecule has 28 heavy (non-hydrogen) atoms. The van der Waals surface area contributed by atoms with Gasteiger partial charge < -0.3 is 0 Å². The molecule has 4 aromatic rings. The van der Waals surface area contributed by atoms with Gasteiger partial charge in [0.25, 0.3) is 5.69 Å². The van der Waals surface area contributed by atoms with E-state index in [0.29, 0.717) is 5.69 Å². The monoisotopic (exact) mass is 389 g/mol. The number of aromatic nitrogens is 2. The number of thiophene rings is 1. The van der Waals surface area contributed by atoms with E-state index in [9.17, 15) is 10.1 Å². The summed E-state index contributed by atoms with van der Waals surface area (Å²) < 4.78 is 1.82. The van der Waals surface area contributed by atoms with Gasteiger partial charge in [0.1, 0.15) is 10.7 Å². The third-order valence-electron chi connectivity index (χ3n) is 3.98. The van der Waals surface area contributed by atoms with Gasteiger partial charge in [0.2, 0.25) is 0 Å². The molecule has 0 spiro atoms. The molecule has 138 valence electrons. The zero-order valence-corrected chi connectivity index (χ0v) is 15.4. The van der Waals surface area contributed by atoms with Gasteiger partial charge in [-0.15, -0.1) is 11.3 Å². The van der Waals surface area contributed by atoms with Gasteiger partial charge in [-0.3, -0.25) is 15.5 Å². The molecular weight excluding hydrogens is 374 g/mol. The summed E-state index contributed by atoms with van der Waals surface area (Å²) in [6.45, 7) is 0. The standard InChI is InChI=1S/C20H15N5O2S/c26-25(27)18-9-4-8-17(12-18)22-21-13-16-14-24(19-10-5-11-28-19)23-20(16)15-6-2-1-3-7-15/h1-14,22H/b21-13-. The van der Waals surface area contributed by atoms with Crippen molar-refractivity contribution in [3.05, 3.63) is 94.0 Å². The fourth-order valence-electron chi connectivity index (χ4n) is 2.68. The van der Waals surface area contributed by atoms with E-state index in [1.54, 1.807) is 29.7 Å². The topological polar surface area (TPSA) is 85.4 Å². The Morgan fingerprint density at radius 2 is 1.96 bits per heavy atom. The van der Waals surface area contributed by atoms with Crippen LogP contribution in [0, 0.1) is 10.1 Å². The minimum Gasteiger partial charge on any atom is -0.278 e. The minimum absolute atomic E-state index is 0.00990. The lowest BCUT2D eigenvalue weighted by molar-refractivity contribution is -0.384. The molecule has 2 heterocycles. The highest BCUT2D eigenvalue weighted by Crippen LogP contribution is 2.24. The van der Waals surface area contributed by atoms with E-state index in [0.717, 1.165) is 21.8 Å². The van der Waals surface area contributed by atoms with Crippen LogP contribution in [-0.4, -0.2) is 20.9 Å². The van der Waals surface area contributed by atoms with Crippen LogP contribution in [0.1, 0.15) is 5.56 Å². The molecule has 0 amide bonds. The largest absolute Gasteiger partial charge is 0.278 e. The Bertz CT molecular complexity index is 1120. The number of nitrogens with zero attached hydrogens (tertiary/aromatic N) is 4. The summed E-state index contributed by atoms with van der Waals surface area (Å²) >= 11 is 1.59. The van der Waals surface area contributed by atoms with Gasteiger partial charge in [-0.2, -0.15) is 10.2 Å². The highest BCUT2D eigenvalue weighted by atomic mass is 32.1. The van der Waals surface area contributed by atoms with E-state index >= 15 is 0 Å². The van der Waals surface area contributed by atoms with Gasteiger partial charge in [-0.1, -0.05) is 36.4 Å². The smallest absolute Gasteiger partial charge is 0.271 e. The maximum Gasteiger partial charge on any atom is 0.271 e. The van der Waals surface area contributed by atoms with Crippen molar-refractivity contribution < 1.29 is 4.92 Å². The molecule has 2 aromatic carbocycles. The van der Waals surface area contributed by atoms with Crippen LogP contribution in [0.2, 0.25) is 0 Å². The lowest BCUT2D eigenvalue weighted by Gasteiger charge is -2.00. The molecule has 0 saturated heterocycles. The SMILES string of the molecule is O=[N+]([O-])c1cccc(N/N=C\c2cn(-c3cccs3)nc2-c2ccccc2)c1. The van der Waals surface area contributed by atoms with E-state index in [2.05, 4.69) is 10.5 Å². The first-order valence-electron chi connectivity index (χ1n) is 8.43. The minimum atomic E-state index is -0.437. The quantitative estimate of drug-likeness (QED) is 0.287. The fraction of sp³-hybridized carbons (Fsp3) is 0. The molecule has 0 aliphatic heterocycles. The van der Waals surface area contributed by atoms with Crippen LogP contribution in [-0.2, 0) is 0 Å². The summed E-state index contributed by atoms with van der Waals surface area (Å²) in [6.07, 6.45) is 3.57. The number of anilines is 1. The normalized spacial score (nSPS) is 11.0. The molecule has 0 fully saturated rings. The van der Waals surface area contributed by atoms with Crippen LogP contribution in [0.5, 0.6) is 0 Å². The highest BCUT2D eigenvalue weighted by molar-refractivity contribution is 7.12. The number of hydrogen-bond donors (Lipinski definition) is 1. The molecule has 8 heteroatoms. The second-order valence-electron chi connectivity index (χ2n) is 5.87. The molecule has 1 N–H and O–H groups in total. The summed E-state index contributed by atoms with van der Waals surface area (Å²) in [5.41, 5.74) is 6.01. The second kappa shape index (κ2) is 7.85. The number of hydrazone groups is 1. The van der Waals surface area contributed by atoms with Crippen molar-refractivity contribution in [2.45, 2.75) is 0 Å². The molecule has 0 bridgehead atoms. The van der Waals surface area contributed by atoms with Gasteiger partial charge in [0.05, 0.1) is 16.8 Å². The third-order valence-corrected chi connectivity index (χ3v) is 4.83. The van der Waals surface area contributed by atoms with Crippen molar-refractivity contribution in [2.24, 2.45) is 5.10 Å². The van der Waals surface area contributed by atoms with Crippen molar-refractivity contribution >= 4 is 28.9 Å². The summed E-state index contributed by atoms with van der Waals surface area (Å²) in [5, 5.41) is 22.8. The Balaban J connectivity index is 1.64. The van der Waals surface area contributed by atoms with Crippen molar-refractivity contribution in [1.29, 1.82) is 0 Å². The molecule has 0 saturated carbocycles. The van der Waals surface area contributed by atoms with Crippen molar-refractivity contribution in [2.75, 3.05) is 5.43 Å². The number of nitro groups is 1. The van der Waals surface area contributed by atoms with Crippen LogP contribution in [0.25, 0.3) is 16.3 Å². The van der Waals surface area contributed by atoms with Crippen molar-refractivity contribution in [1.82, 2.24) is 9.78 Å². The molecule has 0 atom stereocenters. The van der Waals surface area contributed by atoms with E-state index in [1.165, 1.54) is 12.1 Å². The molecule has 0 radical (unpaired) electrons. The van der Waals surface area contributed by atoms with Crippen LogP contribution in [0.4, 0.5) is 11.4 Å². The number of nitro benzene ring substituents is 1. The van der Waals surface area contributed by atoms with Crippen LogP contribution in [0.15, 0.2) is 83.4 Å². The Morgan fingerprint density at radius 3 is 2.71 bits per heavy atom. The Morgan fingerprint density at radius 1 is 1.11 bits per heavy atom. The van der Waals surface area contributed by atoms with E-state index < -0.39 is 4.92 Å². The number of non-ortho nitro benzene ring substituents is 1. The van der Waals surface area contributed by atoms with Crippen molar-refractivity contribution in [3.8, 4) is 16.3 Å². The van der Waals surface area contributed by atoms with Gasteiger partial charge in [-0.25, -0.2) is 4.68 Å². The van der Waals surface area contributed by atoms with Crippen molar-refractivity contribution in [3.63, 3.8) is 0 Å². The third kappa shape index (κ3) is 3.81. The van der Waals surface area contributed by atoms with E-state index in [1.807, 2.05) is 58.7 Å². The maximum atomic E-state index is 10.9. The predicted molar refractivity (Wildman–Crippen MR) is 111 cm³/mol. The number of nitrogens with one attached hydrogen (secondary N) is 1. The molecule has 7 nitrogen and oxygen atoms in total. The van der Waals surface area contributed by atoms with E-state index in [-0.39, 0.29) is 5.69 Å². The maximum absolute atomic E-state index is 10.9. The first kappa shape index (κ1) is 17.6. The highest BCUT2D eigenvalue weighted by Gasteiger charge is 2.11. The molecular formula is C20H15N5O2S. The van der Waals surface area contributed by atoms with Gasteiger partial charge in [0.15, 0.2) is 0 Å². The zero-order chi connectivity index (χ0) is 19.3. The number of benzene rings is 2. The summed E-state index contributed by atoms with van der Waals surface area (Å²) in [7, 11) is 0. The van der Waals surface area contributed by atoms with Gasteiger partial charge in [0, 0.05) is 29.5 Å². The summed E-state index contributed by atoms with van der Waals surface area (Å²) in [6, 6.07) is 20.0. The lowest BCUT2D eigenvalue weighted by Crippen LogP contribution is -1.93. The molecule has 2 aromatic heterocycles. The Labute approximate surface area is 164 Å². The second-order valence-corrected chi connectivity index (χ2v) is 6.80. The van der Waals surface area contributed by atoms with Crippen LogP contribution in [0.3, 0.4) is 0 Å². The summed E-state index contributed by atoms with van der Waals surface area (Å²) in [5.74, 6) is 0. The van der Waals surface area contributed by atoms with Crippen LogP contribution >= 0.6 is 11.3 Å².